The highest BCUT2D eigenvalue weighted by Gasteiger charge is 2.19. The summed E-state index contributed by atoms with van der Waals surface area (Å²) >= 11 is 2.75. The van der Waals surface area contributed by atoms with Gasteiger partial charge in [0, 0.05) is 0 Å². The zero-order valence-corrected chi connectivity index (χ0v) is 8.12. The molecule has 0 aliphatic carbocycles. The summed E-state index contributed by atoms with van der Waals surface area (Å²) in [6.07, 6.45) is -2.88. The second-order valence-electron chi connectivity index (χ2n) is 2.33. The van der Waals surface area contributed by atoms with Crippen LogP contribution >= 0.6 is 15.9 Å². The van der Waals surface area contributed by atoms with E-state index in [0.717, 1.165) is 6.07 Å². The predicted molar refractivity (Wildman–Crippen MR) is 45.5 cm³/mol. The number of nitrogens with zero attached hydrogens (tertiary/aromatic N) is 1. The Morgan fingerprint density at radius 3 is 2.57 bits per heavy atom. The topological polar surface area (TPSA) is 70.4 Å². The van der Waals surface area contributed by atoms with Crippen LogP contribution in [0.25, 0.3) is 0 Å². The molecule has 0 aliphatic rings. The maximum atomic E-state index is 12.2. The van der Waals surface area contributed by atoms with Crippen molar-refractivity contribution in [1.29, 1.82) is 0 Å². The van der Waals surface area contributed by atoms with E-state index in [-0.39, 0.29) is 4.47 Å². The van der Waals surface area contributed by atoms with E-state index in [0.29, 0.717) is 0 Å². The molecular weight excluding hydrogens is 264 g/mol. The van der Waals surface area contributed by atoms with Crippen molar-refractivity contribution in [3.8, 4) is 5.75 Å². The number of aromatic carboxylic acids is 1. The van der Waals surface area contributed by atoms with Gasteiger partial charge in [0.25, 0.3) is 6.43 Å². The van der Waals surface area contributed by atoms with E-state index in [9.17, 15) is 13.6 Å². The molecule has 7 heteroatoms. The van der Waals surface area contributed by atoms with Gasteiger partial charge >= 0.3 is 5.97 Å². The fourth-order valence-electron chi connectivity index (χ4n) is 0.787. The van der Waals surface area contributed by atoms with Gasteiger partial charge in [-0.05, 0) is 22.0 Å². The molecule has 2 N–H and O–H groups in total. The summed E-state index contributed by atoms with van der Waals surface area (Å²) in [5.41, 5.74) is -1.50. The highest BCUT2D eigenvalue weighted by molar-refractivity contribution is 9.10. The highest BCUT2D eigenvalue weighted by Crippen LogP contribution is 2.30. The number of alkyl halides is 2. The minimum Gasteiger partial charge on any atom is -0.504 e. The maximum Gasteiger partial charge on any atom is 0.358 e. The van der Waals surface area contributed by atoms with Crippen LogP contribution in [0.5, 0.6) is 5.75 Å². The number of hydrogen-bond acceptors (Lipinski definition) is 3. The molecule has 0 saturated carbocycles. The van der Waals surface area contributed by atoms with Crippen molar-refractivity contribution in [1.82, 2.24) is 4.98 Å². The monoisotopic (exact) mass is 267 g/mol. The second-order valence-corrected chi connectivity index (χ2v) is 3.19. The number of rotatable bonds is 2. The van der Waals surface area contributed by atoms with Crippen LogP contribution in [-0.4, -0.2) is 21.2 Å². The molecule has 0 aromatic carbocycles. The number of hydrogen-bond donors (Lipinski definition) is 2. The third kappa shape index (κ3) is 1.98. The van der Waals surface area contributed by atoms with Gasteiger partial charge in [0.05, 0.1) is 4.47 Å². The smallest absolute Gasteiger partial charge is 0.358 e. The van der Waals surface area contributed by atoms with E-state index < -0.39 is 29.5 Å². The maximum absolute atomic E-state index is 12.2. The molecular formula is C7H4BrF2NO3. The Bertz CT molecular complexity index is 383. The lowest BCUT2D eigenvalue weighted by atomic mass is 10.3. The molecule has 14 heavy (non-hydrogen) atoms. The number of carboxylic acids is 1. The Morgan fingerprint density at radius 1 is 1.57 bits per heavy atom. The quantitative estimate of drug-likeness (QED) is 0.862. The molecule has 0 atom stereocenters. The lowest BCUT2D eigenvalue weighted by Gasteiger charge is -2.04. The molecule has 0 bridgehead atoms. The molecule has 0 unspecified atom stereocenters. The van der Waals surface area contributed by atoms with Crippen molar-refractivity contribution < 1.29 is 23.8 Å². The van der Waals surface area contributed by atoms with E-state index >= 15 is 0 Å². The first-order valence-electron chi connectivity index (χ1n) is 3.34. The summed E-state index contributed by atoms with van der Waals surface area (Å²) in [4.78, 5) is 13.6. The van der Waals surface area contributed by atoms with Gasteiger partial charge in [-0.2, -0.15) is 0 Å². The average Bonchev–Trinajstić information content (AvgIpc) is 2.08. The fourth-order valence-corrected chi connectivity index (χ4v) is 1.21. The molecule has 4 nitrogen and oxygen atoms in total. The number of halogens is 3. The number of pyridine rings is 1. The Kier molecular flexibility index (Phi) is 3.00. The van der Waals surface area contributed by atoms with Gasteiger partial charge in [-0.25, -0.2) is 18.6 Å². The lowest BCUT2D eigenvalue weighted by Crippen LogP contribution is -2.04. The van der Waals surface area contributed by atoms with E-state index in [1.54, 1.807) is 0 Å². The van der Waals surface area contributed by atoms with Crippen LogP contribution in [0.3, 0.4) is 0 Å². The van der Waals surface area contributed by atoms with Crippen molar-refractivity contribution in [3.05, 3.63) is 21.9 Å². The molecule has 76 valence electrons. The Hall–Kier alpha value is -1.24. The van der Waals surface area contributed by atoms with Crippen LogP contribution < -0.4 is 0 Å². The number of carbonyl (C=O) groups is 1. The van der Waals surface area contributed by atoms with Crippen molar-refractivity contribution >= 4 is 21.9 Å². The molecule has 0 amide bonds. The van der Waals surface area contributed by atoms with Crippen LogP contribution in [-0.2, 0) is 0 Å². The van der Waals surface area contributed by atoms with Crippen molar-refractivity contribution in [3.63, 3.8) is 0 Å². The van der Waals surface area contributed by atoms with E-state index in [1.165, 1.54) is 0 Å². The lowest BCUT2D eigenvalue weighted by molar-refractivity contribution is 0.0685. The summed E-state index contributed by atoms with van der Waals surface area (Å²) in [6, 6.07) is 0.867. The largest absolute Gasteiger partial charge is 0.504 e. The first-order valence-corrected chi connectivity index (χ1v) is 4.13. The summed E-state index contributed by atoms with van der Waals surface area (Å²) < 4.78 is 24.2. The van der Waals surface area contributed by atoms with Crippen molar-refractivity contribution in [2.24, 2.45) is 0 Å². The first kappa shape index (κ1) is 10.8. The minimum atomic E-state index is -2.88. The Labute approximate surface area is 85.3 Å². The predicted octanol–water partition coefficient (Wildman–Crippen LogP) is 2.19. The van der Waals surface area contributed by atoms with Crippen LogP contribution in [0.2, 0.25) is 0 Å². The summed E-state index contributed by atoms with van der Waals surface area (Å²) in [7, 11) is 0. The minimum absolute atomic E-state index is 0.125. The summed E-state index contributed by atoms with van der Waals surface area (Å²) in [6.45, 7) is 0. The summed E-state index contributed by atoms with van der Waals surface area (Å²) in [5.74, 6) is -2.23. The second kappa shape index (κ2) is 3.87. The van der Waals surface area contributed by atoms with Crippen molar-refractivity contribution in [2.75, 3.05) is 0 Å². The molecule has 1 heterocycles. The SMILES string of the molecule is O=C(O)c1nc(C(F)F)cc(Br)c1O. The molecule has 0 spiro atoms. The van der Waals surface area contributed by atoms with Crippen LogP contribution in [0.1, 0.15) is 22.6 Å². The van der Waals surface area contributed by atoms with Crippen molar-refractivity contribution in [2.45, 2.75) is 6.43 Å². The molecule has 1 aromatic rings. The number of aromatic hydroxyl groups is 1. The van der Waals surface area contributed by atoms with E-state index in [4.69, 9.17) is 10.2 Å². The molecule has 0 aliphatic heterocycles. The van der Waals surface area contributed by atoms with Gasteiger partial charge in [0.15, 0.2) is 11.4 Å². The molecule has 0 fully saturated rings. The highest BCUT2D eigenvalue weighted by atomic mass is 79.9. The van der Waals surface area contributed by atoms with Gasteiger partial charge in [-0.3, -0.25) is 0 Å². The molecule has 1 aromatic heterocycles. The standard InChI is InChI=1S/C7H4BrF2NO3/c8-2-1-3(6(9)10)11-4(5(2)12)7(13)14/h1,6,12H,(H,13,14). The Morgan fingerprint density at radius 2 is 2.14 bits per heavy atom. The first-order chi connectivity index (χ1) is 6.43. The zero-order chi connectivity index (χ0) is 10.9. The van der Waals surface area contributed by atoms with Gasteiger partial charge in [-0.1, -0.05) is 0 Å². The fraction of sp³-hybridized carbons (Fsp3) is 0.143. The number of carboxylic acid groups (broad SMARTS) is 1. The van der Waals surface area contributed by atoms with Gasteiger partial charge in [-0.15, -0.1) is 0 Å². The third-order valence-corrected chi connectivity index (χ3v) is 2.00. The van der Waals surface area contributed by atoms with Gasteiger partial charge in [0.1, 0.15) is 5.69 Å². The van der Waals surface area contributed by atoms with Gasteiger partial charge in [0.2, 0.25) is 0 Å². The molecule has 1 rings (SSSR count). The van der Waals surface area contributed by atoms with Crippen LogP contribution in [0.15, 0.2) is 10.5 Å². The average molecular weight is 268 g/mol. The number of aromatic nitrogens is 1. The third-order valence-electron chi connectivity index (χ3n) is 1.39. The normalized spacial score (nSPS) is 10.6. The van der Waals surface area contributed by atoms with Crippen LogP contribution in [0.4, 0.5) is 8.78 Å². The van der Waals surface area contributed by atoms with Gasteiger partial charge < -0.3 is 10.2 Å². The Balaban J connectivity index is 3.35. The van der Waals surface area contributed by atoms with E-state index in [1.807, 2.05) is 0 Å². The zero-order valence-electron chi connectivity index (χ0n) is 6.54. The van der Waals surface area contributed by atoms with E-state index in [2.05, 4.69) is 20.9 Å². The summed E-state index contributed by atoms with van der Waals surface area (Å²) in [5, 5.41) is 17.6. The molecule has 0 radical (unpaired) electrons. The van der Waals surface area contributed by atoms with Crippen LogP contribution in [0, 0.1) is 0 Å². The molecule has 0 saturated heterocycles.